The number of hydrogen-bond acceptors (Lipinski definition) is 2. The molecule has 0 heterocycles. The van der Waals surface area contributed by atoms with Gasteiger partial charge in [0.05, 0.1) is 10.6 Å². The summed E-state index contributed by atoms with van der Waals surface area (Å²) in [5.74, 6) is -0.441. The van der Waals surface area contributed by atoms with Gasteiger partial charge in [0, 0.05) is 18.7 Å². The molecule has 0 fully saturated rings. The molecule has 0 aromatic heterocycles. The van der Waals surface area contributed by atoms with Crippen LogP contribution in [0.5, 0.6) is 0 Å². The molecule has 3 aromatic rings. The first-order valence-corrected chi connectivity index (χ1v) is 8.99. The van der Waals surface area contributed by atoms with Crippen LogP contribution in [-0.4, -0.2) is 24.9 Å². The Labute approximate surface area is 163 Å². The third-order valence-corrected chi connectivity index (χ3v) is 4.40. The number of benzene rings is 3. The first-order chi connectivity index (χ1) is 13.1. The van der Waals surface area contributed by atoms with Gasteiger partial charge in [-0.25, -0.2) is 0 Å². The lowest BCUT2D eigenvalue weighted by Crippen LogP contribution is -2.34. The average Bonchev–Trinajstić information content (AvgIpc) is 2.72. The molecule has 0 unspecified atom stereocenters. The second kappa shape index (κ2) is 9.01. The van der Waals surface area contributed by atoms with E-state index in [-0.39, 0.29) is 11.8 Å². The smallest absolute Gasteiger partial charge is 0.252 e. The first-order valence-electron chi connectivity index (χ1n) is 8.61. The second-order valence-corrected chi connectivity index (χ2v) is 6.34. The highest BCUT2D eigenvalue weighted by molar-refractivity contribution is 6.33. The van der Waals surface area contributed by atoms with Gasteiger partial charge in [-0.3, -0.25) is 9.59 Å². The number of carbonyl (C=O) groups is 2. The number of halogens is 1. The van der Waals surface area contributed by atoms with Crippen molar-refractivity contribution in [2.45, 2.75) is 0 Å². The highest BCUT2D eigenvalue weighted by atomic mass is 35.5. The second-order valence-electron chi connectivity index (χ2n) is 5.94. The molecule has 0 aliphatic carbocycles. The monoisotopic (exact) mass is 378 g/mol. The van der Waals surface area contributed by atoms with Gasteiger partial charge in [0.1, 0.15) is 0 Å². The lowest BCUT2D eigenvalue weighted by Gasteiger charge is -2.09. The van der Waals surface area contributed by atoms with Crippen LogP contribution < -0.4 is 10.6 Å². The molecule has 2 amide bonds. The van der Waals surface area contributed by atoms with Crippen LogP contribution in [0.2, 0.25) is 5.02 Å². The predicted octanol–water partition coefficient (Wildman–Crippen LogP) is 4.17. The van der Waals surface area contributed by atoms with E-state index in [1.165, 1.54) is 0 Å². The Morgan fingerprint density at radius 3 is 1.89 bits per heavy atom. The molecule has 5 heteroatoms. The zero-order chi connectivity index (χ0) is 19.1. The minimum absolute atomic E-state index is 0.179. The summed E-state index contributed by atoms with van der Waals surface area (Å²) >= 11 is 5.99. The normalized spacial score (nSPS) is 10.3. The summed E-state index contributed by atoms with van der Waals surface area (Å²) in [6, 6.07) is 24.2. The van der Waals surface area contributed by atoms with E-state index in [1.54, 1.807) is 36.4 Å². The van der Waals surface area contributed by atoms with Crippen LogP contribution in [0.3, 0.4) is 0 Å². The van der Waals surface area contributed by atoms with Gasteiger partial charge in [-0.15, -0.1) is 0 Å². The van der Waals surface area contributed by atoms with Crippen molar-refractivity contribution >= 4 is 23.4 Å². The fraction of sp³-hybridized carbons (Fsp3) is 0.0909. The number of carbonyl (C=O) groups excluding carboxylic acids is 2. The van der Waals surface area contributed by atoms with Crippen LogP contribution in [0.15, 0.2) is 78.9 Å². The number of nitrogens with one attached hydrogen (secondary N) is 2. The van der Waals surface area contributed by atoms with Gasteiger partial charge in [-0.2, -0.15) is 0 Å². The van der Waals surface area contributed by atoms with Gasteiger partial charge < -0.3 is 10.6 Å². The van der Waals surface area contributed by atoms with Gasteiger partial charge in [0.25, 0.3) is 11.8 Å². The Balaban J connectivity index is 1.48. The van der Waals surface area contributed by atoms with E-state index in [0.717, 1.165) is 11.1 Å². The standard InChI is InChI=1S/C22H19ClN2O2/c23-20-9-5-4-8-19(20)22(27)25-15-14-24-21(26)18-12-10-17(11-13-18)16-6-2-1-3-7-16/h1-13H,14-15H2,(H,24,26)(H,25,27). The summed E-state index contributed by atoms with van der Waals surface area (Å²) in [4.78, 5) is 24.3. The Kier molecular flexibility index (Phi) is 6.23. The summed E-state index contributed by atoms with van der Waals surface area (Å²) < 4.78 is 0. The molecule has 0 aliphatic rings. The summed E-state index contributed by atoms with van der Waals surface area (Å²) in [5, 5.41) is 5.93. The van der Waals surface area contributed by atoms with Crippen molar-refractivity contribution in [1.82, 2.24) is 10.6 Å². The zero-order valence-corrected chi connectivity index (χ0v) is 15.4. The maximum atomic E-state index is 12.2. The van der Waals surface area contributed by atoms with Gasteiger partial charge in [0.15, 0.2) is 0 Å². The molecular formula is C22H19ClN2O2. The Bertz CT molecular complexity index is 925. The molecule has 0 aliphatic heterocycles. The molecule has 3 aromatic carbocycles. The minimum Gasteiger partial charge on any atom is -0.350 e. The third kappa shape index (κ3) is 4.96. The number of amides is 2. The quantitative estimate of drug-likeness (QED) is 0.632. The van der Waals surface area contributed by atoms with Crippen molar-refractivity contribution in [3.8, 4) is 11.1 Å². The maximum Gasteiger partial charge on any atom is 0.252 e. The SMILES string of the molecule is O=C(NCCNC(=O)c1ccccc1Cl)c1ccc(-c2ccccc2)cc1. The highest BCUT2D eigenvalue weighted by Gasteiger charge is 2.09. The van der Waals surface area contributed by atoms with Crippen LogP contribution in [-0.2, 0) is 0 Å². The molecule has 4 nitrogen and oxygen atoms in total. The maximum absolute atomic E-state index is 12.2. The van der Waals surface area contributed by atoms with E-state index < -0.39 is 0 Å². The van der Waals surface area contributed by atoms with Crippen LogP contribution in [0.25, 0.3) is 11.1 Å². The van der Waals surface area contributed by atoms with E-state index in [4.69, 9.17) is 11.6 Å². The van der Waals surface area contributed by atoms with Crippen molar-refractivity contribution in [2.75, 3.05) is 13.1 Å². The Hall–Kier alpha value is -3.11. The molecular weight excluding hydrogens is 360 g/mol. The van der Waals surface area contributed by atoms with Crippen LogP contribution >= 0.6 is 11.6 Å². The first kappa shape index (κ1) is 18.7. The van der Waals surface area contributed by atoms with Gasteiger partial charge in [-0.05, 0) is 35.4 Å². The number of hydrogen-bond donors (Lipinski definition) is 2. The fourth-order valence-electron chi connectivity index (χ4n) is 2.64. The highest BCUT2D eigenvalue weighted by Crippen LogP contribution is 2.19. The summed E-state index contributed by atoms with van der Waals surface area (Å²) in [7, 11) is 0. The average molecular weight is 379 g/mol. The molecule has 27 heavy (non-hydrogen) atoms. The lowest BCUT2D eigenvalue weighted by molar-refractivity contribution is 0.0927. The molecule has 0 saturated carbocycles. The van der Waals surface area contributed by atoms with Crippen molar-refractivity contribution in [1.29, 1.82) is 0 Å². The summed E-state index contributed by atoms with van der Waals surface area (Å²) in [5.41, 5.74) is 3.15. The van der Waals surface area contributed by atoms with Crippen molar-refractivity contribution in [3.05, 3.63) is 95.0 Å². The predicted molar refractivity (Wildman–Crippen MR) is 108 cm³/mol. The van der Waals surface area contributed by atoms with Crippen molar-refractivity contribution < 1.29 is 9.59 Å². The van der Waals surface area contributed by atoms with Gasteiger partial charge in [0.2, 0.25) is 0 Å². The van der Waals surface area contributed by atoms with Crippen LogP contribution in [0, 0.1) is 0 Å². The third-order valence-electron chi connectivity index (χ3n) is 4.07. The van der Waals surface area contributed by atoms with E-state index in [1.807, 2.05) is 42.5 Å². The van der Waals surface area contributed by atoms with Crippen LogP contribution in [0.1, 0.15) is 20.7 Å². The molecule has 0 atom stereocenters. The minimum atomic E-state index is -0.262. The van der Waals surface area contributed by atoms with Crippen molar-refractivity contribution in [3.63, 3.8) is 0 Å². The molecule has 0 spiro atoms. The molecule has 0 bridgehead atoms. The van der Waals surface area contributed by atoms with E-state index in [2.05, 4.69) is 10.6 Å². The summed E-state index contributed by atoms with van der Waals surface area (Å²) in [6.07, 6.45) is 0. The van der Waals surface area contributed by atoms with E-state index >= 15 is 0 Å². The summed E-state index contributed by atoms with van der Waals surface area (Å²) in [6.45, 7) is 0.646. The molecule has 0 radical (unpaired) electrons. The van der Waals surface area contributed by atoms with Crippen LogP contribution in [0.4, 0.5) is 0 Å². The van der Waals surface area contributed by atoms with Crippen molar-refractivity contribution in [2.24, 2.45) is 0 Å². The molecule has 0 saturated heterocycles. The lowest BCUT2D eigenvalue weighted by atomic mass is 10.0. The largest absolute Gasteiger partial charge is 0.350 e. The molecule has 2 N–H and O–H groups in total. The molecule has 136 valence electrons. The van der Waals surface area contributed by atoms with E-state index in [0.29, 0.717) is 29.2 Å². The number of rotatable bonds is 6. The fourth-order valence-corrected chi connectivity index (χ4v) is 2.86. The Morgan fingerprint density at radius 2 is 1.22 bits per heavy atom. The zero-order valence-electron chi connectivity index (χ0n) is 14.6. The van der Waals surface area contributed by atoms with Gasteiger partial charge >= 0.3 is 0 Å². The van der Waals surface area contributed by atoms with E-state index in [9.17, 15) is 9.59 Å². The Morgan fingerprint density at radius 1 is 0.667 bits per heavy atom. The topological polar surface area (TPSA) is 58.2 Å². The van der Waals surface area contributed by atoms with Gasteiger partial charge in [-0.1, -0.05) is 66.2 Å². The molecule has 3 rings (SSSR count).